The molecule has 5 heteroatoms. The Labute approximate surface area is 93.8 Å². The molecule has 0 radical (unpaired) electrons. The predicted octanol–water partition coefficient (Wildman–Crippen LogP) is 1.84. The van der Waals surface area contributed by atoms with Gasteiger partial charge >= 0.3 is 5.97 Å². The number of nitrogens with zero attached hydrogens (tertiary/aromatic N) is 1. The molecule has 2 unspecified atom stereocenters. The van der Waals surface area contributed by atoms with Crippen molar-refractivity contribution in [1.82, 2.24) is 10.2 Å². The van der Waals surface area contributed by atoms with Crippen LogP contribution in [0.25, 0.3) is 0 Å². The number of carbonyl (C=O) groups is 1. The van der Waals surface area contributed by atoms with E-state index < -0.39 is 11.9 Å². The number of ether oxygens (including phenoxy) is 1. The smallest absolute Gasteiger partial charge is 0.310 e. The minimum atomic E-state index is -0.835. The number of carboxylic acid groups (broad SMARTS) is 1. The Kier molecular flexibility index (Phi) is 3.24. The van der Waals surface area contributed by atoms with Crippen molar-refractivity contribution in [2.24, 2.45) is 0 Å². The van der Waals surface area contributed by atoms with Gasteiger partial charge in [0, 0.05) is 12.2 Å². The number of aliphatic carboxylic acids is 1. The topological polar surface area (TPSA) is 75.2 Å². The Balaban J connectivity index is 2.20. The van der Waals surface area contributed by atoms with Gasteiger partial charge < -0.3 is 9.84 Å². The van der Waals surface area contributed by atoms with Gasteiger partial charge in [-0.3, -0.25) is 9.89 Å². The zero-order valence-corrected chi connectivity index (χ0v) is 9.27. The second-order valence-corrected chi connectivity index (χ2v) is 4.15. The molecular weight excluding hydrogens is 208 g/mol. The number of H-pyrrole nitrogens is 1. The zero-order valence-electron chi connectivity index (χ0n) is 9.27. The van der Waals surface area contributed by atoms with Gasteiger partial charge in [-0.15, -0.1) is 0 Å². The Morgan fingerprint density at radius 3 is 3.12 bits per heavy atom. The maximum Gasteiger partial charge on any atom is 0.310 e. The fraction of sp³-hybridized carbons (Fsp3) is 0.636. The van der Waals surface area contributed by atoms with Crippen LogP contribution < -0.4 is 0 Å². The monoisotopic (exact) mass is 224 g/mol. The highest BCUT2D eigenvalue weighted by molar-refractivity contribution is 5.75. The van der Waals surface area contributed by atoms with Crippen LogP contribution in [0.4, 0.5) is 0 Å². The summed E-state index contributed by atoms with van der Waals surface area (Å²) in [7, 11) is 0. The molecule has 1 aromatic rings. The van der Waals surface area contributed by atoms with Crippen LogP contribution in [0.5, 0.6) is 0 Å². The van der Waals surface area contributed by atoms with Crippen molar-refractivity contribution in [3.63, 3.8) is 0 Å². The van der Waals surface area contributed by atoms with Gasteiger partial charge in [0.25, 0.3) is 0 Å². The van der Waals surface area contributed by atoms with E-state index in [1.54, 1.807) is 13.1 Å². The van der Waals surface area contributed by atoms with Crippen molar-refractivity contribution in [2.45, 2.75) is 38.2 Å². The molecule has 0 bridgehead atoms. The highest BCUT2D eigenvalue weighted by atomic mass is 16.5. The molecule has 16 heavy (non-hydrogen) atoms. The standard InChI is InChI=1S/C11H16N2O3/c1-7(11(14)15)8-6-12-13-10(8)9-4-2-3-5-16-9/h6-7,9H,2-5H2,1H3,(H,12,13)(H,14,15). The van der Waals surface area contributed by atoms with Crippen molar-refractivity contribution in [2.75, 3.05) is 6.61 Å². The quantitative estimate of drug-likeness (QED) is 0.821. The van der Waals surface area contributed by atoms with Gasteiger partial charge in [-0.25, -0.2) is 0 Å². The van der Waals surface area contributed by atoms with Crippen LogP contribution in [0.15, 0.2) is 6.20 Å². The molecule has 1 aliphatic heterocycles. The Hall–Kier alpha value is -1.36. The number of hydrogen-bond acceptors (Lipinski definition) is 3. The Morgan fingerprint density at radius 2 is 2.50 bits per heavy atom. The zero-order chi connectivity index (χ0) is 11.5. The van der Waals surface area contributed by atoms with Crippen LogP contribution in [-0.4, -0.2) is 27.9 Å². The van der Waals surface area contributed by atoms with Gasteiger partial charge in [-0.2, -0.15) is 5.10 Å². The first-order chi connectivity index (χ1) is 7.70. The van der Waals surface area contributed by atoms with E-state index in [2.05, 4.69) is 10.2 Å². The van der Waals surface area contributed by atoms with Gasteiger partial charge in [0.15, 0.2) is 0 Å². The third-order valence-electron chi connectivity index (χ3n) is 3.04. The second-order valence-electron chi connectivity index (χ2n) is 4.15. The molecule has 0 aromatic carbocycles. The maximum atomic E-state index is 11.0. The van der Waals surface area contributed by atoms with Crippen molar-refractivity contribution >= 4 is 5.97 Å². The maximum absolute atomic E-state index is 11.0. The third kappa shape index (κ3) is 2.09. The molecule has 5 nitrogen and oxygen atoms in total. The molecule has 2 heterocycles. The fourth-order valence-electron chi connectivity index (χ4n) is 2.01. The van der Waals surface area contributed by atoms with E-state index >= 15 is 0 Å². The third-order valence-corrected chi connectivity index (χ3v) is 3.04. The highest BCUT2D eigenvalue weighted by Crippen LogP contribution is 2.31. The lowest BCUT2D eigenvalue weighted by Gasteiger charge is -2.23. The van der Waals surface area contributed by atoms with Crippen molar-refractivity contribution in [1.29, 1.82) is 0 Å². The molecule has 2 N–H and O–H groups in total. The summed E-state index contributed by atoms with van der Waals surface area (Å²) in [6.45, 7) is 2.41. The van der Waals surface area contributed by atoms with Crippen molar-refractivity contribution < 1.29 is 14.6 Å². The van der Waals surface area contributed by atoms with Crippen LogP contribution >= 0.6 is 0 Å². The predicted molar refractivity (Wildman–Crippen MR) is 57.2 cm³/mol. The molecule has 2 rings (SSSR count). The second kappa shape index (κ2) is 4.65. The minimum Gasteiger partial charge on any atom is -0.481 e. The number of rotatable bonds is 3. The number of carboxylic acids is 1. The van der Waals surface area contributed by atoms with Gasteiger partial charge in [-0.1, -0.05) is 0 Å². The van der Waals surface area contributed by atoms with Gasteiger partial charge in [0.1, 0.15) is 0 Å². The Morgan fingerprint density at radius 1 is 1.69 bits per heavy atom. The molecule has 1 aliphatic rings. The largest absolute Gasteiger partial charge is 0.481 e. The summed E-state index contributed by atoms with van der Waals surface area (Å²) in [6.07, 6.45) is 4.69. The summed E-state index contributed by atoms with van der Waals surface area (Å²) >= 11 is 0. The fourth-order valence-corrected chi connectivity index (χ4v) is 2.01. The summed E-state index contributed by atoms with van der Waals surface area (Å²) < 4.78 is 5.63. The molecule has 0 aliphatic carbocycles. The normalized spacial score (nSPS) is 22.9. The number of nitrogens with one attached hydrogen (secondary N) is 1. The van der Waals surface area contributed by atoms with Crippen LogP contribution in [0.1, 0.15) is 49.5 Å². The highest BCUT2D eigenvalue weighted by Gasteiger charge is 2.26. The number of aromatic amines is 1. The molecule has 0 spiro atoms. The summed E-state index contributed by atoms with van der Waals surface area (Å²) in [5, 5.41) is 15.8. The van der Waals surface area contributed by atoms with Gasteiger partial charge in [-0.05, 0) is 26.2 Å². The minimum absolute atomic E-state index is 0.0203. The lowest BCUT2D eigenvalue weighted by atomic mass is 9.96. The molecular formula is C11H16N2O3. The first-order valence-corrected chi connectivity index (χ1v) is 5.57. The Bertz CT molecular complexity index is 369. The lowest BCUT2D eigenvalue weighted by Crippen LogP contribution is -2.16. The average molecular weight is 224 g/mol. The molecule has 1 saturated heterocycles. The van der Waals surface area contributed by atoms with Gasteiger partial charge in [0.2, 0.25) is 0 Å². The molecule has 0 amide bonds. The molecule has 1 aromatic heterocycles. The summed E-state index contributed by atoms with van der Waals surface area (Å²) in [4.78, 5) is 11.0. The summed E-state index contributed by atoms with van der Waals surface area (Å²) in [5.41, 5.74) is 1.56. The van der Waals surface area contributed by atoms with E-state index in [0.717, 1.165) is 37.1 Å². The molecule has 1 fully saturated rings. The van der Waals surface area contributed by atoms with Gasteiger partial charge in [0.05, 0.1) is 23.9 Å². The average Bonchev–Trinajstić information content (AvgIpc) is 2.77. The molecule has 88 valence electrons. The van der Waals surface area contributed by atoms with Crippen molar-refractivity contribution in [3.05, 3.63) is 17.5 Å². The van der Waals surface area contributed by atoms with Crippen LogP contribution in [0.2, 0.25) is 0 Å². The first-order valence-electron chi connectivity index (χ1n) is 5.57. The molecule has 0 saturated carbocycles. The SMILES string of the molecule is CC(C(=O)O)c1cn[nH]c1C1CCCCO1. The van der Waals surface area contributed by atoms with Crippen LogP contribution in [-0.2, 0) is 9.53 Å². The van der Waals surface area contributed by atoms with Crippen LogP contribution in [0, 0.1) is 0 Å². The summed E-state index contributed by atoms with van der Waals surface area (Å²) in [6, 6.07) is 0. The van der Waals surface area contributed by atoms with E-state index in [-0.39, 0.29) is 6.10 Å². The summed E-state index contributed by atoms with van der Waals surface area (Å²) in [5.74, 6) is -1.38. The number of aromatic nitrogens is 2. The van der Waals surface area contributed by atoms with E-state index in [0.29, 0.717) is 0 Å². The van der Waals surface area contributed by atoms with Crippen molar-refractivity contribution in [3.8, 4) is 0 Å². The van der Waals surface area contributed by atoms with E-state index in [9.17, 15) is 4.79 Å². The van der Waals surface area contributed by atoms with E-state index in [1.165, 1.54) is 0 Å². The molecule has 2 atom stereocenters. The van der Waals surface area contributed by atoms with E-state index in [1.807, 2.05) is 0 Å². The van der Waals surface area contributed by atoms with E-state index in [4.69, 9.17) is 9.84 Å². The number of hydrogen-bond donors (Lipinski definition) is 2. The first kappa shape index (κ1) is 11.1. The lowest BCUT2D eigenvalue weighted by molar-refractivity contribution is -0.138. The van der Waals surface area contributed by atoms with Crippen LogP contribution in [0.3, 0.4) is 0 Å².